The molecule has 0 radical (unpaired) electrons. The molecule has 1 aliphatic rings. The van der Waals surface area contributed by atoms with Crippen LogP contribution in [0.15, 0.2) is 11.2 Å². The van der Waals surface area contributed by atoms with Crippen molar-refractivity contribution < 1.29 is 0 Å². The van der Waals surface area contributed by atoms with Gasteiger partial charge in [-0.25, -0.2) is 4.98 Å². The SMILES string of the molecule is CCc1cnc(CCNC(=NC)NCC2CCCCC2C)s1.I. The molecule has 0 bridgehead atoms. The minimum absolute atomic E-state index is 0. The molecule has 1 saturated carbocycles. The summed E-state index contributed by atoms with van der Waals surface area (Å²) in [6.07, 6.45) is 9.55. The second-order valence-corrected chi connectivity index (χ2v) is 7.43. The molecule has 0 aromatic carbocycles. The first-order valence-corrected chi connectivity index (χ1v) is 9.42. The lowest BCUT2D eigenvalue weighted by Crippen LogP contribution is -2.42. The van der Waals surface area contributed by atoms with Crippen LogP contribution in [0.2, 0.25) is 0 Å². The van der Waals surface area contributed by atoms with Crippen LogP contribution in [-0.4, -0.2) is 31.1 Å². The molecule has 1 heterocycles. The van der Waals surface area contributed by atoms with Crippen molar-refractivity contribution in [3.8, 4) is 0 Å². The van der Waals surface area contributed by atoms with E-state index in [0.29, 0.717) is 0 Å². The minimum atomic E-state index is 0. The zero-order chi connectivity index (χ0) is 15.8. The number of rotatable bonds is 6. The molecule has 2 unspecified atom stereocenters. The second kappa shape index (κ2) is 11.2. The average molecular weight is 450 g/mol. The number of nitrogens with zero attached hydrogens (tertiary/aromatic N) is 2. The Hall–Kier alpha value is -0.370. The van der Waals surface area contributed by atoms with Gasteiger partial charge < -0.3 is 10.6 Å². The van der Waals surface area contributed by atoms with Gasteiger partial charge in [-0.1, -0.05) is 33.1 Å². The molecule has 0 amide bonds. The van der Waals surface area contributed by atoms with Gasteiger partial charge in [-0.15, -0.1) is 35.3 Å². The van der Waals surface area contributed by atoms with Crippen LogP contribution >= 0.6 is 35.3 Å². The molecule has 1 aliphatic carbocycles. The molecule has 1 aromatic heterocycles. The van der Waals surface area contributed by atoms with Gasteiger partial charge in [-0.2, -0.15) is 0 Å². The van der Waals surface area contributed by atoms with Crippen molar-refractivity contribution in [2.45, 2.75) is 52.4 Å². The minimum Gasteiger partial charge on any atom is -0.356 e. The van der Waals surface area contributed by atoms with Gasteiger partial charge in [0.25, 0.3) is 0 Å². The highest BCUT2D eigenvalue weighted by atomic mass is 127. The second-order valence-electron chi connectivity index (χ2n) is 6.23. The van der Waals surface area contributed by atoms with Gasteiger partial charge in [-0.05, 0) is 24.7 Å². The van der Waals surface area contributed by atoms with Gasteiger partial charge in [-0.3, -0.25) is 4.99 Å². The summed E-state index contributed by atoms with van der Waals surface area (Å²) in [7, 11) is 1.85. The van der Waals surface area contributed by atoms with Crippen LogP contribution in [-0.2, 0) is 12.8 Å². The van der Waals surface area contributed by atoms with E-state index >= 15 is 0 Å². The van der Waals surface area contributed by atoms with E-state index in [1.54, 1.807) is 0 Å². The number of nitrogens with one attached hydrogen (secondary N) is 2. The van der Waals surface area contributed by atoms with Gasteiger partial charge >= 0.3 is 0 Å². The van der Waals surface area contributed by atoms with Crippen LogP contribution in [0, 0.1) is 11.8 Å². The fraction of sp³-hybridized carbons (Fsp3) is 0.765. The normalized spacial score (nSPS) is 21.6. The maximum Gasteiger partial charge on any atom is 0.190 e. The zero-order valence-electron chi connectivity index (χ0n) is 14.6. The number of thiazole rings is 1. The van der Waals surface area contributed by atoms with Crippen LogP contribution < -0.4 is 10.6 Å². The molecule has 0 aliphatic heterocycles. The predicted molar refractivity (Wildman–Crippen MR) is 111 cm³/mol. The van der Waals surface area contributed by atoms with E-state index in [4.69, 9.17) is 0 Å². The smallest absolute Gasteiger partial charge is 0.190 e. The first kappa shape index (κ1) is 20.7. The van der Waals surface area contributed by atoms with E-state index in [9.17, 15) is 0 Å². The summed E-state index contributed by atoms with van der Waals surface area (Å²) in [5, 5.41) is 8.11. The predicted octanol–water partition coefficient (Wildman–Crippen LogP) is 3.86. The van der Waals surface area contributed by atoms with Crippen LogP contribution in [0.1, 0.15) is 49.4 Å². The van der Waals surface area contributed by atoms with Gasteiger partial charge in [0.1, 0.15) is 0 Å². The lowest BCUT2D eigenvalue weighted by molar-refractivity contribution is 0.256. The van der Waals surface area contributed by atoms with Crippen LogP contribution in [0.4, 0.5) is 0 Å². The molecule has 0 saturated heterocycles. The molecule has 1 aromatic rings. The number of hydrogen-bond acceptors (Lipinski definition) is 3. The van der Waals surface area contributed by atoms with Crippen molar-refractivity contribution in [2.75, 3.05) is 20.1 Å². The third kappa shape index (κ3) is 6.95. The summed E-state index contributed by atoms with van der Waals surface area (Å²) in [5.41, 5.74) is 0. The van der Waals surface area contributed by atoms with Crippen molar-refractivity contribution in [1.82, 2.24) is 15.6 Å². The Bertz CT molecular complexity index is 475. The molecule has 2 atom stereocenters. The van der Waals surface area contributed by atoms with Crippen molar-refractivity contribution in [3.05, 3.63) is 16.1 Å². The van der Waals surface area contributed by atoms with E-state index < -0.39 is 0 Å². The van der Waals surface area contributed by atoms with Crippen molar-refractivity contribution in [2.24, 2.45) is 16.8 Å². The topological polar surface area (TPSA) is 49.3 Å². The van der Waals surface area contributed by atoms with E-state index in [-0.39, 0.29) is 24.0 Å². The molecule has 23 heavy (non-hydrogen) atoms. The Morgan fingerprint density at radius 1 is 1.35 bits per heavy atom. The van der Waals surface area contributed by atoms with Crippen LogP contribution in [0.3, 0.4) is 0 Å². The van der Waals surface area contributed by atoms with E-state index in [1.165, 1.54) is 35.6 Å². The maximum atomic E-state index is 4.46. The van der Waals surface area contributed by atoms with Crippen LogP contribution in [0.5, 0.6) is 0 Å². The zero-order valence-corrected chi connectivity index (χ0v) is 17.7. The average Bonchev–Trinajstić information content (AvgIpc) is 3.00. The lowest BCUT2D eigenvalue weighted by Gasteiger charge is -2.29. The Kier molecular flexibility index (Phi) is 10.1. The summed E-state index contributed by atoms with van der Waals surface area (Å²) < 4.78 is 0. The number of halogens is 1. The highest BCUT2D eigenvalue weighted by molar-refractivity contribution is 14.0. The molecule has 2 N–H and O–H groups in total. The standard InChI is InChI=1S/C17H30N4S.HI/c1-4-15-12-20-16(22-15)9-10-19-17(18-3)21-11-14-8-6-5-7-13(14)2;/h12-14H,4-11H2,1-3H3,(H2,18,19,21);1H. The van der Waals surface area contributed by atoms with Crippen molar-refractivity contribution in [1.29, 1.82) is 0 Å². The molecular weight excluding hydrogens is 419 g/mol. The monoisotopic (exact) mass is 450 g/mol. The number of guanidine groups is 1. The van der Waals surface area contributed by atoms with E-state index in [1.807, 2.05) is 24.6 Å². The van der Waals surface area contributed by atoms with Gasteiger partial charge in [0.2, 0.25) is 0 Å². The van der Waals surface area contributed by atoms with E-state index in [0.717, 1.165) is 43.7 Å². The highest BCUT2D eigenvalue weighted by Crippen LogP contribution is 2.28. The quantitative estimate of drug-likeness (QED) is 0.393. The first-order valence-electron chi connectivity index (χ1n) is 8.61. The highest BCUT2D eigenvalue weighted by Gasteiger charge is 2.21. The number of aromatic nitrogens is 1. The molecule has 6 heteroatoms. The fourth-order valence-corrected chi connectivity index (χ4v) is 3.92. The molecule has 1 fully saturated rings. The Labute approximate surface area is 162 Å². The number of hydrogen-bond donors (Lipinski definition) is 2. The third-order valence-corrected chi connectivity index (χ3v) is 5.83. The summed E-state index contributed by atoms with van der Waals surface area (Å²) >= 11 is 1.82. The van der Waals surface area contributed by atoms with Crippen molar-refractivity contribution in [3.63, 3.8) is 0 Å². The number of aryl methyl sites for hydroxylation is 1. The van der Waals surface area contributed by atoms with Crippen molar-refractivity contribution >= 4 is 41.3 Å². The third-order valence-electron chi connectivity index (χ3n) is 4.63. The summed E-state index contributed by atoms with van der Waals surface area (Å²) in [6, 6.07) is 0. The van der Waals surface area contributed by atoms with Gasteiger partial charge in [0.15, 0.2) is 5.96 Å². The van der Waals surface area contributed by atoms with Gasteiger partial charge in [0.05, 0.1) is 5.01 Å². The van der Waals surface area contributed by atoms with Gasteiger partial charge in [0, 0.05) is 37.6 Å². The maximum absolute atomic E-state index is 4.46. The Morgan fingerprint density at radius 3 is 2.78 bits per heavy atom. The molecule has 132 valence electrons. The fourth-order valence-electron chi connectivity index (χ4n) is 3.06. The summed E-state index contributed by atoms with van der Waals surface area (Å²) in [6.45, 7) is 6.48. The largest absolute Gasteiger partial charge is 0.356 e. The molecule has 2 rings (SSSR count). The summed E-state index contributed by atoms with van der Waals surface area (Å²) in [5.74, 6) is 2.55. The molecule has 4 nitrogen and oxygen atoms in total. The Morgan fingerprint density at radius 2 is 2.13 bits per heavy atom. The molecule has 0 spiro atoms. The molecular formula is C17H31IN4S. The Balaban J connectivity index is 0.00000264. The van der Waals surface area contributed by atoms with Crippen LogP contribution in [0.25, 0.3) is 0 Å². The first-order chi connectivity index (χ1) is 10.7. The van der Waals surface area contributed by atoms with E-state index in [2.05, 4.69) is 34.5 Å². The summed E-state index contributed by atoms with van der Waals surface area (Å²) in [4.78, 5) is 10.1. The lowest BCUT2D eigenvalue weighted by atomic mass is 9.80. The number of aliphatic imine (C=N–C) groups is 1.